The van der Waals surface area contributed by atoms with Crippen LogP contribution in [0.2, 0.25) is 0 Å². The van der Waals surface area contributed by atoms with Crippen LogP contribution in [0.5, 0.6) is 0 Å². The van der Waals surface area contributed by atoms with E-state index in [9.17, 15) is 4.79 Å². The van der Waals surface area contributed by atoms with Crippen molar-refractivity contribution in [3.05, 3.63) is 23.2 Å². The Balaban J connectivity index is 2.52. The minimum Gasteiger partial charge on any atom is -0.466 e. The van der Waals surface area contributed by atoms with E-state index in [-0.39, 0.29) is 11.9 Å². The maximum absolute atomic E-state index is 11.6. The quantitative estimate of drug-likeness (QED) is 0.842. The van der Waals surface area contributed by atoms with Crippen LogP contribution in [0.3, 0.4) is 0 Å². The first kappa shape index (κ1) is 12.8. The van der Waals surface area contributed by atoms with Gasteiger partial charge in [0.2, 0.25) is 5.91 Å². The lowest BCUT2D eigenvalue weighted by Gasteiger charge is -2.17. The fourth-order valence-electron chi connectivity index (χ4n) is 1.60. The van der Waals surface area contributed by atoms with Gasteiger partial charge in [0.25, 0.3) is 0 Å². The number of rotatable bonds is 4. The van der Waals surface area contributed by atoms with Gasteiger partial charge in [0, 0.05) is 26.2 Å². The van der Waals surface area contributed by atoms with Crippen LogP contribution in [-0.4, -0.2) is 30.9 Å². The molecule has 0 unspecified atom stereocenters. The Morgan fingerprint density at radius 3 is 2.56 bits per heavy atom. The molecule has 0 aliphatic heterocycles. The normalized spacial score (nSPS) is 12.6. The van der Waals surface area contributed by atoms with Gasteiger partial charge in [-0.2, -0.15) is 0 Å². The number of likely N-dealkylation sites (N-methyl/N-ethyl adjacent to an activating group) is 1. The zero-order chi connectivity index (χ0) is 12.3. The Bertz CT molecular complexity index is 369. The molecule has 0 saturated heterocycles. The van der Waals surface area contributed by atoms with Crippen molar-refractivity contribution < 1.29 is 9.21 Å². The molecule has 0 aliphatic rings. The van der Waals surface area contributed by atoms with E-state index in [1.165, 1.54) is 0 Å². The summed E-state index contributed by atoms with van der Waals surface area (Å²) in [6, 6.07) is 1.82. The third kappa shape index (κ3) is 3.10. The smallest absolute Gasteiger partial charge is 0.238 e. The number of hydrogen-bond acceptors (Lipinski definition) is 3. The molecule has 0 radical (unpaired) electrons. The number of amides is 1. The van der Waals surface area contributed by atoms with Crippen LogP contribution in [0.1, 0.15) is 24.0 Å². The van der Waals surface area contributed by atoms with Crippen LogP contribution >= 0.6 is 0 Å². The first-order valence-corrected chi connectivity index (χ1v) is 5.42. The lowest BCUT2D eigenvalue weighted by atomic mass is 10.2. The van der Waals surface area contributed by atoms with Gasteiger partial charge in [-0.25, -0.2) is 0 Å². The summed E-state index contributed by atoms with van der Waals surface area (Å²) in [6.45, 7) is 6.38. The highest BCUT2D eigenvalue weighted by atomic mass is 16.3. The Morgan fingerprint density at radius 2 is 2.12 bits per heavy atom. The molecular weight excluding hydrogens is 204 g/mol. The van der Waals surface area contributed by atoms with Crippen LogP contribution < -0.4 is 5.32 Å². The summed E-state index contributed by atoms with van der Waals surface area (Å²) in [5.41, 5.74) is 1.11. The maximum Gasteiger partial charge on any atom is 0.238 e. The number of nitrogens with one attached hydrogen (secondary N) is 1. The van der Waals surface area contributed by atoms with Gasteiger partial charge in [-0.15, -0.1) is 0 Å². The third-order valence-electron chi connectivity index (χ3n) is 2.55. The van der Waals surface area contributed by atoms with Crippen LogP contribution in [0.25, 0.3) is 0 Å². The minimum atomic E-state index is -0.176. The van der Waals surface area contributed by atoms with E-state index < -0.39 is 0 Å². The molecule has 1 rings (SSSR count). The fraction of sp³-hybridized carbons (Fsp3) is 0.583. The van der Waals surface area contributed by atoms with Gasteiger partial charge in [0.15, 0.2) is 0 Å². The van der Waals surface area contributed by atoms with Gasteiger partial charge in [-0.05, 0) is 26.8 Å². The Kier molecular flexibility index (Phi) is 4.12. The summed E-state index contributed by atoms with van der Waals surface area (Å²) in [5.74, 6) is 1.90. The average molecular weight is 224 g/mol. The van der Waals surface area contributed by atoms with Crippen LogP contribution in [-0.2, 0) is 11.3 Å². The molecule has 0 saturated carbocycles. The molecule has 1 amide bonds. The standard InChI is InChI=1S/C12H20N2O2/c1-8-6-11(10(3)16-8)7-13-9(2)12(15)14(4)5/h6,9,13H,7H2,1-5H3/t9-/m1/s1. The van der Waals surface area contributed by atoms with Crippen LogP contribution in [0, 0.1) is 13.8 Å². The Labute approximate surface area is 96.6 Å². The molecule has 1 heterocycles. The van der Waals surface area contributed by atoms with Gasteiger partial charge >= 0.3 is 0 Å². The van der Waals surface area contributed by atoms with E-state index in [1.807, 2.05) is 26.8 Å². The number of furan rings is 1. The number of aryl methyl sites for hydroxylation is 2. The molecule has 1 atom stereocenters. The van der Waals surface area contributed by atoms with Crippen molar-refractivity contribution in [1.29, 1.82) is 0 Å². The van der Waals surface area contributed by atoms with Crippen LogP contribution in [0.4, 0.5) is 0 Å². The van der Waals surface area contributed by atoms with Crippen molar-refractivity contribution in [2.45, 2.75) is 33.4 Å². The summed E-state index contributed by atoms with van der Waals surface area (Å²) < 4.78 is 5.42. The van der Waals surface area contributed by atoms with E-state index in [2.05, 4.69) is 5.32 Å². The monoisotopic (exact) mass is 224 g/mol. The SMILES string of the molecule is Cc1cc(CN[C@H](C)C(=O)N(C)C)c(C)o1. The van der Waals surface area contributed by atoms with E-state index >= 15 is 0 Å². The van der Waals surface area contributed by atoms with Gasteiger partial charge in [0.05, 0.1) is 6.04 Å². The summed E-state index contributed by atoms with van der Waals surface area (Å²) >= 11 is 0. The molecule has 0 fully saturated rings. The molecule has 0 aliphatic carbocycles. The second-order valence-corrected chi connectivity index (χ2v) is 4.27. The van der Waals surface area contributed by atoms with Gasteiger partial charge < -0.3 is 14.6 Å². The second-order valence-electron chi connectivity index (χ2n) is 4.27. The Morgan fingerprint density at radius 1 is 1.50 bits per heavy atom. The van der Waals surface area contributed by atoms with E-state index in [4.69, 9.17) is 4.42 Å². The van der Waals surface area contributed by atoms with E-state index in [0.29, 0.717) is 6.54 Å². The number of nitrogens with zero attached hydrogens (tertiary/aromatic N) is 1. The second kappa shape index (κ2) is 5.16. The predicted molar refractivity (Wildman–Crippen MR) is 63.2 cm³/mol. The fourth-order valence-corrected chi connectivity index (χ4v) is 1.60. The number of carbonyl (C=O) groups excluding carboxylic acids is 1. The van der Waals surface area contributed by atoms with Crippen molar-refractivity contribution in [3.63, 3.8) is 0 Å². The first-order chi connectivity index (χ1) is 7.41. The minimum absolute atomic E-state index is 0.0814. The topological polar surface area (TPSA) is 45.5 Å². The summed E-state index contributed by atoms with van der Waals surface area (Å²) in [7, 11) is 3.52. The molecule has 90 valence electrons. The van der Waals surface area contributed by atoms with Crippen molar-refractivity contribution in [3.8, 4) is 0 Å². The molecule has 0 bridgehead atoms. The van der Waals surface area contributed by atoms with E-state index in [0.717, 1.165) is 17.1 Å². The molecule has 4 nitrogen and oxygen atoms in total. The molecule has 0 spiro atoms. The lowest BCUT2D eigenvalue weighted by Crippen LogP contribution is -2.41. The zero-order valence-electron chi connectivity index (χ0n) is 10.6. The third-order valence-corrected chi connectivity index (χ3v) is 2.55. The molecular formula is C12H20N2O2. The number of carbonyl (C=O) groups is 1. The summed E-state index contributed by atoms with van der Waals surface area (Å²) in [6.07, 6.45) is 0. The highest BCUT2D eigenvalue weighted by Crippen LogP contribution is 2.13. The number of hydrogen-bond donors (Lipinski definition) is 1. The molecule has 16 heavy (non-hydrogen) atoms. The van der Waals surface area contributed by atoms with Crippen molar-refractivity contribution >= 4 is 5.91 Å². The molecule has 0 aromatic carbocycles. The zero-order valence-corrected chi connectivity index (χ0v) is 10.6. The Hall–Kier alpha value is -1.29. The van der Waals surface area contributed by atoms with Crippen molar-refractivity contribution in [2.75, 3.05) is 14.1 Å². The summed E-state index contributed by atoms with van der Waals surface area (Å²) in [4.78, 5) is 13.2. The predicted octanol–water partition coefficient (Wildman–Crippen LogP) is 1.46. The van der Waals surface area contributed by atoms with Crippen molar-refractivity contribution in [2.24, 2.45) is 0 Å². The van der Waals surface area contributed by atoms with Gasteiger partial charge in [-0.1, -0.05) is 0 Å². The van der Waals surface area contributed by atoms with Crippen LogP contribution in [0.15, 0.2) is 10.5 Å². The maximum atomic E-state index is 11.6. The molecule has 1 aromatic heterocycles. The highest BCUT2D eigenvalue weighted by Gasteiger charge is 2.14. The van der Waals surface area contributed by atoms with E-state index in [1.54, 1.807) is 19.0 Å². The molecule has 1 N–H and O–H groups in total. The lowest BCUT2D eigenvalue weighted by molar-refractivity contribution is -0.130. The summed E-state index contributed by atoms with van der Waals surface area (Å²) in [5, 5.41) is 3.18. The molecule has 4 heteroatoms. The average Bonchev–Trinajstić information content (AvgIpc) is 2.52. The highest BCUT2D eigenvalue weighted by molar-refractivity contribution is 5.80. The first-order valence-electron chi connectivity index (χ1n) is 5.42. The largest absolute Gasteiger partial charge is 0.466 e. The van der Waals surface area contributed by atoms with Gasteiger partial charge in [0.1, 0.15) is 11.5 Å². The van der Waals surface area contributed by atoms with Crippen molar-refractivity contribution in [1.82, 2.24) is 10.2 Å². The molecule has 1 aromatic rings. The van der Waals surface area contributed by atoms with Gasteiger partial charge in [-0.3, -0.25) is 4.79 Å².